The highest BCUT2D eigenvalue weighted by atomic mass is 16.6. The fourth-order valence-corrected chi connectivity index (χ4v) is 4.57. The van der Waals surface area contributed by atoms with Crippen LogP contribution in [0.4, 0.5) is 0 Å². The zero-order valence-corrected chi connectivity index (χ0v) is 17.8. The van der Waals surface area contributed by atoms with Crippen LogP contribution in [0.2, 0.25) is 0 Å². The molecule has 4 nitrogen and oxygen atoms in total. The lowest BCUT2D eigenvalue weighted by molar-refractivity contribution is 0.261. The summed E-state index contributed by atoms with van der Waals surface area (Å²) >= 11 is 0. The zero-order chi connectivity index (χ0) is 20.3. The SMILES string of the molecule is CCc1cc(C2CCC(c3ccc(OCC4CO4)cc3)CC2)ccc1OCC1CO1. The van der Waals surface area contributed by atoms with E-state index in [1.807, 2.05) is 0 Å². The number of hydrogen-bond donors (Lipinski definition) is 0. The molecule has 0 amide bonds. The lowest BCUT2D eigenvalue weighted by Gasteiger charge is -2.29. The molecule has 0 aromatic heterocycles. The van der Waals surface area contributed by atoms with E-state index < -0.39 is 0 Å². The minimum atomic E-state index is 0.303. The van der Waals surface area contributed by atoms with Gasteiger partial charge in [0, 0.05) is 0 Å². The monoisotopic (exact) mass is 408 g/mol. The Morgan fingerprint density at radius 1 is 0.767 bits per heavy atom. The van der Waals surface area contributed by atoms with Gasteiger partial charge in [-0.05, 0) is 78.8 Å². The summed E-state index contributed by atoms with van der Waals surface area (Å²) in [6.07, 6.45) is 6.62. The van der Waals surface area contributed by atoms with Crippen molar-refractivity contribution in [3.05, 3.63) is 59.2 Å². The van der Waals surface area contributed by atoms with Crippen molar-refractivity contribution >= 4 is 0 Å². The molecular weight excluding hydrogens is 376 g/mol. The Labute approximate surface area is 179 Å². The molecule has 160 valence electrons. The summed E-state index contributed by atoms with van der Waals surface area (Å²) in [7, 11) is 0. The number of benzene rings is 2. The van der Waals surface area contributed by atoms with E-state index in [-0.39, 0.29) is 0 Å². The van der Waals surface area contributed by atoms with E-state index in [4.69, 9.17) is 18.9 Å². The van der Waals surface area contributed by atoms with Crippen molar-refractivity contribution in [2.45, 2.75) is 63.1 Å². The van der Waals surface area contributed by atoms with Gasteiger partial charge in [-0.1, -0.05) is 31.2 Å². The first-order valence-electron chi connectivity index (χ1n) is 11.5. The van der Waals surface area contributed by atoms with Crippen LogP contribution in [0, 0.1) is 0 Å². The van der Waals surface area contributed by atoms with E-state index in [0.717, 1.165) is 31.1 Å². The molecule has 0 spiro atoms. The molecule has 1 saturated carbocycles. The molecule has 2 heterocycles. The molecule has 2 atom stereocenters. The van der Waals surface area contributed by atoms with Crippen molar-refractivity contribution in [3.63, 3.8) is 0 Å². The molecule has 3 aliphatic rings. The summed E-state index contributed by atoms with van der Waals surface area (Å²) in [5.74, 6) is 3.30. The van der Waals surface area contributed by atoms with E-state index in [1.165, 1.54) is 42.4 Å². The average molecular weight is 409 g/mol. The van der Waals surface area contributed by atoms with Crippen LogP contribution in [0.3, 0.4) is 0 Å². The Balaban J connectivity index is 1.16. The van der Waals surface area contributed by atoms with Crippen LogP contribution in [0.5, 0.6) is 11.5 Å². The molecule has 5 rings (SSSR count). The van der Waals surface area contributed by atoms with Crippen LogP contribution in [0.15, 0.2) is 42.5 Å². The van der Waals surface area contributed by atoms with Gasteiger partial charge in [0.25, 0.3) is 0 Å². The molecule has 2 saturated heterocycles. The fourth-order valence-electron chi connectivity index (χ4n) is 4.57. The van der Waals surface area contributed by atoms with Crippen molar-refractivity contribution in [1.82, 2.24) is 0 Å². The van der Waals surface area contributed by atoms with Gasteiger partial charge in [-0.3, -0.25) is 0 Å². The summed E-state index contributed by atoms with van der Waals surface area (Å²) < 4.78 is 22.2. The van der Waals surface area contributed by atoms with Gasteiger partial charge in [0.2, 0.25) is 0 Å². The van der Waals surface area contributed by atoms with E-state index >= 15 is 0 Å². The van der Waals surface area contributed by atoms with Gasteiger partial charge >= 0.3 is 0 Å². The summed E-state index contributed by atoms with van der Waals surface area (Å²) in [6.45, 7) is 5.24. The maximum Gasteiger partial charge on any atom is 0.122 e. The Kier molecular flexibility index (Phi) is 5.96. The second-order valence-electron chi connectivity index (χ2n) is 8.87. The molecule has 3 fully saturated rings. The van der Waals surface area contributed by atoms with Gasteiger partial charge in [-0.15, -0.1) is 0 Å². The number of rotatable bonds is 9. The van der Waals surface area contributed by atoms with Gasteiger partial charge in [-0.2, -0.15) is 0 Å². The molecule has 0 N–H and O–H groups in total. The normalized spacial score (nSPS) is 27.5. The van der Waals surface area contributed by atoms with E-state index in [0.29, 0.717) is 37.3 Å². The van der Waals surface area contributed by atoms with E-state index in [2.05, 4.69) is 49.4 Å². The van der Waals surface area contributed by atoms with Gasteiger partial charge in [-0.25, -0.2) is 0 Å². The molecule has 1 aliphatic carbocycles. The van der Waals surface area contributed by atoms with Gasteiger partial charge in [0.05, 0.1) is 13.2 Å². The second-order valence-corrected chi connectivity index (χ2v) is 8.87. The lowest BCUT2D eigenvalue weighted by Crippen LogP contribution is -2.13. The van der Waals surface area contributed by atoms with Crippen molar-refractivity contribution in [2.75, 3.05) is 26.4 Å². The highest BCUT2D eigenvalue weighted by Gasteiger charge is 2.26. The fraction of sp³-hybridized carbons (Fsp3) is 0.538. The molecule has 0 radical (unpaired) electrons. The van der Waals surface area contributed by atoms with Crippen molar-refractivity contribution in [2.24, 2.45) is 0 Å². The van der Waals surface area contributed by atoms with E-state index in [1.54, 1.807) is 0 Å². The van der Waals surface area contributed by atoms with Gasteiger partial charge in [0.1, 0.15) is 36.9 Å². The summed E-state index contributed by atoms with van der Waals surface area (Å²) in [4.78, 5) is 0. The molecule has 2 aromatic rings. The summed E-state index contributed by atoms with van der Waals surface area (Å²) in [6, 6.07) is 15.6. The number of hydrogen-bond acceptors (Lipinski definition) is 4. The maximum absolute atomic E-state index is 5.97. The van der Waals surface area contributed by atoms with Gasteiger partial charge in [0.15, 0.2) is 0 Å². The zero-order valence-electron chi connectivity index (χ0n) is 17.8. The standard InChI is InChI=1S/C26H32O4/c1-2-18-13-22(9-12-26(18)30-17-25-16-29-25)21-5-3-19(4-6-21)20-7-10-23(11-8-20)27-14-24-15-28-24/h7-13,19,21,24-25H,2-6,14-17H2,1H3. The topological polar surface area (TPSA) is 43.5 Å². The predicted molar refractivity (Wildman–Crippen MR) is 117 cm³/mol. The summed E-state index contributed by atoms with van der Waals surface area (Å²) in [5.41, 5.74) is 4.25. The molecule has 2 aliphatic heterocycles. The molecule has 4 heteroatoms. The van der Waals surface area contributed by atoms with Crippen LogP contribution in [-0.4, -0.2) is 38.6 Å². The Hall–Kier alpha value is -2.04. The van der Waals surface area contributed by atoms with Crippen LogP contribution in [0.1, 0.15) is 61.1 Å². The smallest absolute Gasteiger partial charge is 0.122 e. The van der Waals surface area contributed by atoms with Crippen molar-refractivity contribution in [3.8, 4) is 11.5 Å². The van der Waals surface area contributed by atoms with Crippen LogP contribution < -0.4 is 9.47 Å². The lowest BCUT2D eigenvalue weighted by atomic mass is 9.76. The van der Waals surface area contributed by atoms with Crippen molar-refractivity contribution < 1.29 is 18.9 Å². The Morgan fingerprint density at radius 2 is 1.33 bits per heavy atom. The van der Waals surface area contributed by atoms with Crippen LogP contribution in [-0.2, 0) is 15.9 Å². The first kappa shape index (κ1) is 19.9. The van der Waals surface area contributed by atoms with Crippen LogP contribution >= 0.6 is 0 Å². The third-order valence-corrected chi connectivity index (χ3v) is 6.68. The molecule has 2 unspecified atom stereocenters. The quantitative estimate of drug-likeness (QED) is 0.532. The first-order chi connectivity index (χ1) is 14.8. The minimum absolute atomic E-state index is 0.303. The number of aryl methyl sites for hydroxylation is 1. The largest absolute Gasteiger partial charge is 0.491 e. The average Bonchev–Trinajstić information content (AvgIpc) is 3.72. The Morgan fingerprint density at radius 3 is 1.93 bits per heavy atom. The maximum atomic E-state index is 5.97. The third-order valence-electron chi connectivity index (χ3n) is 6.68. The molecule has 0 bridgehead atoms. The predicted octanol–water partition coefficient (Wildman–Crippen LogP) is 5.25. The number of ether oxygens (including phenoxy) is 4. The molecular formula is C26H32O4. The number of epoxide rings is 2. The molecule has 2 aromatic carbocycles. The van der Waals surface area contributed by atoms with E-state index in [9.17, 15) is 0 Å². The highest BCUT2D eigenvalue weighted by molar-refractivity contribution is 5.39. The second kappa shape index (κ2) is 8.99. The minimum Gasteiger partial charge on any atom is -0.491 e. The third kappa shape index (κ3) is 4.98. The van der Waals surface area contributed by atoms with Crippen LogP contribution in [0.25, 0.3) is 0 Å². The first-order valence-corrected chi connectivity index (χ1v) is 11.5. The molecule has 30 heavy (non-hydrogen) atoms. The summed E-state index contributed by atoms with van der Waals surface area (Å²) in [5, 5.41) is 0. The van der Waals surface area contributed by atoms with Crippen molar-refractivity contribution in [1.29, 1.82) is 0 Å². The highest BCUT2D eigenvalue weighted by Crippen LogP contribution is 2.41. The van der Waals surface area contributed by atoms with Gasteiger partial charge < -0.3 is 18.9 Å². The Bertz CT molecular complexity index is 831.